The minimum Gasteiger partial charge on any atom is -0.480 e. The molecule has 0 aromatic heterocycles. The Labute approximate surface area is 97.4 Å². The van der Waals surface area contributed by atoms with Crippen LogP contribution in [0.25, 0.3) is 0 Å². The van der Waals surface area contributed by atoms with Crippen LogP contribution < -0.4 is 5.32 Å². The van der Waals surface area contributed by atoms with Gasteiger partial charge >= 0.3 is 5.97 Å². The molecule has 0 saturated heterocycles. The molecule has 3 unspecified atom stereocenters. The number of hydrogen-bond donors (Lipinski definition) is 2. The van der Waals surface area contributed by atoms with Crippen molar-refractivity contribution in [3.63, 3.8) is 0 Å². The van der Waals surface area contributed by atoms with Crippen molar-refractivity contribution in [2.24, 2.45) is 5.92 Å². The van der Waals surface area contributed by atoms with Crippen LogP contribution in [0.3, 0.4) is 0 Å². The smallest absolute Gasteiger partial charge is 0.326 e. The van der Waals surface area contributed by atoms with E-state index in [-0.39, 0.29) is 12.7 Å². The number of hydrogen-bond acceptors (Lipinski definition) is 3. The van der Waals surface area contributed by atoms with E-state index in [1.54, 1.807) is 14.0 Å². The molecule has 0 spiro atoms. The van der Waals surface area contributed by atoms with Crippen LogP contribution in [0.15, 0.2) is 0 Å². The molecule has 0 aromatic carbocycles. The molecule has 4 heteroatoms. The highest BCUT2D eigenvalue weighted by Crippen LogP contribution is 2.26. The first-order valence-electron chi connectivity index (χ1n) is 6.02. The molecule has 1 rings (SSSR count). The fourth-order valence-electron chi connectivity index (χ4n) is 2.06. The molecule has 3 atom stereocenters. The molecule has 0 amide bonds. The Hall–Kier alpha value is -0.610. The summed E-state index contributed by atoms with van der Waals surface area (Å²) in [6.45, 7) is 4.11. The highest BCUT2D eigenvalue weighted by molar-refractivity contribution is 5.78. The van der Waals surface area contributed by atoms with E-state index in [1.807, 2.05) is 0 Å². The Balaban J connectivity index is 2.40. The third-order valence-corrected chi connectivity index (χ3v) is 3.52. The van der Waals surface area contributed by atoms with Gasteiger partial charge in [0.05, 0.1) is 12.7 Å². The summed E-state index contributed by atoms with van der Waals surface area (Å²) in [5.41, 5.74) is -0.972. The molecule has 0 aromatic rings. The Morgan fingerprint density at radius 2 is 2.25 bits per heavy atom. The van der Waals surface area contributed by atoms with Gasteiger partial charge in [-0.2, -0.15) is 0 Å². The number of likely N-dealkylation sites (N-methyl/N-ethyl adjacent to an activating group) is 1. The van der Waals surface area contributed by atoms with Crippen molar-refractivity contribution in [2.45, 2.75) is 51.2 Å². The molecule has 1 fully saturated rings. The van der Waals surface area contributed by atoms with Crippen molar-refractivity contribution in [3.8, 4) is 0 Å². The van der Waals surface area contributed by atoms with Crippen molar-refractivity contribution in [2.75, 3.05) is 13.7 Å². The average molecular weight is 229 g/mol. The van der Waals surface area contributed by atoms with Gasteiger partial charge in [0.25, 0.3) is 0 Å². The maximum Gasteiger partial charge on any atom is 0.326 e. The van der Waals surface area contributed by atoms with Crippen LogP contribution in [-0.4, -0.2) is 36.4 Å². The van der Waals surface area contributed by atoms with Crippen molar-refractivity contribution in [3.05, 3.63) is 0 Å². The van der Waals surface area contributed by atoms with Gasteiger partial charge < -0.3 is 15.2 Å². The highest BCUT2D eigenvalue weighted by atomic mass is 16.5. The number of carboxylic acid groups (broad SMARTS) is 1. The SMILES string of the molecule is CNC(C)(COC1CCCC(C)C1)C(=O)O. The lowest BCUT2D eigenvalue weighted by molar-refractivity contribution is -0.148. The Morgan fingerprint density at radius 1 is 1.56 bits per heavy atom. The molecule has 0 radical (unpaired) electrons. The number of ether oxygens (including phenoxy) is 1. The van der Waals surface area contributed by atoms with Crippen molar-refractivity contribution in [1.29, 1.82) is 0 Å². The minimum atomic E-state index is -0.972. The zero-order valence-electron chi connectivity index (χ0n) is 10.5. The van der Waals surface area contributed by atoms with Crippen LogP contribution >= 0.6 is 0 Å². The van der Waals surface area contributed by atoms with Crippen LogP contribution in [0.4, 0.5) is 0 Å². The summed E-state index contributed by atoms with van der Waals surface area (Å²) in [6, 6.07) is 0. The van der Waals surface area contributed by atoms with Crippen molar-refractivity contribution >= 4 is 5.97 Å². The van der Waals surface area contributed by atoms with E-state index in [9.17, 15) is 4.79 Å². The zero-order valence-corrected chi connectivity index (χ0v) is 10.5. The lowest BCUT2D eigenvalue weighted by Gasteiger charge is -2.31. The molecule has 94 valence electrons. The molecule has 1 aliphatic rings. The zero-order chi connectivity index (χ0) is 12.2. The van der Waals surface area contributed by atoms with Crippen LogP contribution in [0.2, 0.25) is 0 Å². The van der Waals surface area contributed by atoms with Crippen molar-refractivity contribution in [1.82, 2.24) is 5.32 Å². The summed E-state index contributed by atoms with van der Waals surface area (Å²) >= 11 is 0. The number of rotatable bonds is 5. The van der Waals surface area contributed by atoms with E-state index in [0.717, 1.165) is 12.8 Å². The van der Waals surface area contributed by atoms with Gasteiger partial charge in [-0.05, 0) is 32.7 Å². The number of nitrogens with one attached hydrogen (secondary N) is 1. The predicted molar refractivity (Wildman–Crippen MR) is 62.5 cm³/mol. The van der Waals surface area contributed by atoms with Gasteiger partial charge in [0.15, 0.2) is 0 Å². The third kappa shape index (κ3) is 3.46. The molecule has 4 nitrogen and oxygen atoms in total. The van der Waals surface area contributed by atoms with Gasteiger partial charge in [-0.3, -0.25) is 4.79 Å². The first-order valence-corrected chi connectivity index (χ1v) is 6.02. The molecule has 2 N–H and O–H groups in total. The molecule has 0 bridgehead atoms. The summed E-state index contributed by atoms with van der Waals surface area (Å²) in [6.07, 6.45) is 4.80. The Morgan fingerprint density at radius 3 is 2.75 bits per heavy atom. The van der Waals surface area contributed by atoms with Gasteiger partial charge in [-0.15, -0.1) is 0 Å². The van der Waals surface area contributed by atoms with Crippen LogP contribution in [-0.2, 0) is 9.53 Å². The molecule has 0 aliphatic heterocycles. The Kier molecular flexibility index (Phi) is 4.74. The van der Waals surface area contributed by atoms with E-state index in [4.69, 9.17) is 9.84 Å². The molecule has 1 saturated carbocycles. The summed E-state index contributed by atoms with van der Waals surface area (Å²) in [5, 5.41) is 11.9. The molecular weight excluding hydrogens is 206 g/mol. The first-order chi connectivity index (χ1) is 7.48. The van der Waals surface area contributed by atoms with Gasteiger partial charge in [0.2, 0.25) is 0 Å². The largest absolute Gasteiger partial charge is 0.480 e. The summed E-state index contributed by atoms with van der Waals surface area (Å²) in [4.78, 5) is 11.0. The quantitative estimate of drug-likeness (QED) is 0.752. The van der Waals surface area contributed by atoms with Crippen LogP contribution in [0, 0.1) is 5.92 Å². The second-order valence-electron chi connectivity index (χ2n) is 5.09. The molecular formula is C12H23NO3. The topological polar surface area (TPSA) is 58.6 Å². The number of carbonyl (C=O) groups is 1. The maximum absolute atomic E-state index is 11.0. The van der Waals surface area contributed by atoms with Gasteiger partial charge in [0, 0.05) is 0 Å². The fourth-order valence-corrected chi connectivity index (χ4v) is 2.06. The summed E-state index contributed by atoms with van der Waals surface area (Å²) in [7, 11) is 1.65. The summed E-state index contributed by atoms with van der Waals surface area (Å²) in [5.74, 6) is -0.164. The molecule has 0 heterocycles. The van der Waals surface area contributed by atoms with E-state index in [1.165, 1.54) is 12.8 Å². The second kappa shape index (κ2) is 5.64. The highest BCUT2D eigenvalue weighted by Gasteiger charge is 2.33. The average Bonchev–Trinajstić information content (AvgIpc) is 2.26. The van der Waals surface area contributed by atoms with E-state index >= 15 is 0 Å². The predicted octanol–water partition coefficient (Wildman–Crippen LogP) is 1.64. The minimum absolute atomic E-state index is 0.232. The third-order valence-electron chi connectivity index (χ3n) is 3.52. The van der Waals surface area contributed by atoms with E-state index in [2.05, 4.69) is 12.2 Å². The lowest BCUT2D eigenvalue weighted by Crippen LogP contribution is -2.52. The molecule has 16 heavy (non-hydrogen) atoms. The normalized spacial score (nSPS) is 29.7. The fraction of sp³-hybridized carbons (Fsp3) is 0.917. The van der Waals surface area contributed by atoms with Gasteiger partial charge in [-0.25, -0.2) is 0 Å². The lowest BCUT2D eigenvalue weighted by atomic mass is 9.88. The van der Waals surface area contributed by atoms with E-state index < -0.39 is 11.5 Å². The maximum atomic E-state index is 11.0. The van der Waals surface area contributed by atoms with Crippen LogP contribution in [0.1, 0.15) is 39.5 Å². The first kappa shape index (κ1) is 13.5. The standard InChI is InChI=1S/C12H23NO3/c1-9-5-4-6-10(7-9)16-8-12(2,13-3)11(14)15/h9-10,13H,4-8H2,1-3H3,(H,14,15). The second-order valence-corrected chi connectivity index (χ2v) is 5.09. The summed E-state index contributed by atoms with van der Waals surface area (Å²) < 4.78 is 5.73. The van der Waals surface area contributed by atoms with E-state index in [0.29, 0.717) is 5.92 Å². The molecule has 1 aliphatic carbocycles. The monoisotopic (exact) mass is 229 g/mol. The van der Waals surface area contributed by atoms with Crippen molar-refractivity contribution < 1.29 is 14.6 Å². The van der Waals surface area contributed by atoms with Gasteiger partial charge in [0.1, 0.15) is 5.54 Å². The van der Waals surface area contributed by atoms with Gasteiger partial charge in [-0.1, -0.05) is 19.8 Å². The Bertz CT molecular complexity index is 244. The number of carboxylic acids is 1. The number of aliphatic carboxylic acids is 1. The van der Waals surface area contributed by atoms with Crippen LogP contribution in [0.5, 0.6) is 0 Å².